The van der Waals surface area contributed by atoms with Gasteiger partial charge in [-0.05, 0) is 30.0 Å². The van der Waals surface area contributed by atoms with E-state index in [2.05, 4.69) is 40.5 Å². The number of rotatable bonds is 8. The number of hydrogen-bond donors (Lipinski definition) is 1. The summed E-state index contributed by atoms with van der Waals surface area (Å²) < 4.78 is 31.7. The molecule has 1 saturated heterocycles. The standard InChI is InChI=1S/C21H24F2N2O/c22-17-6-7-21(19(23)10-17)26-9-8-25-13-15(14-25)12-24-20-11-18(20)16-4-2-1-3-5-16/h1-7,10,15,18,20,24H,8-9,11-14H2. The van der Waals surface area contributed by atoms with Crippen molar-refractivity contribution in [2.75, 3.05) is 32.8 Å². The zero-order valence-corrected chi connectivity index (χ0v) is 14.7. The van der Waals surface area contributed by atoms with E-state index >= 15 is 0 Å². The van der Waals surface area contributed by atoms with Crippen molar-refractivity contribution >= 4 is 0 Å². The van der Waals surface area contributed by atoms with Crippen molar-refractivity contribution in [3.8, 4) is 5.75 Å². The van der Waals surface area contributed by atoms with Gasteiger partial charge in [0.2, 0.25) is 0 Å². The Morgan fingerprint density at radius 2 is 1.88 bits per heavy atom. The minimum Gasteiger partial charge on any atom is -0.489 e. The summed E-state index contributed by atoms with van der Waals surface area (Å²) in [6.07, 6.45) is 1.23. The fourth-order valence-electron chi connectivity index (χ4n) is 3.67. The van der Waals surface area contributed by atoms with Gasteiger partial charge >= 0.3 is 0 Å². The lowest BCUT2D eigenvalue weighted by atomic mass is 10.0. The van der Waals surface area contributed by atoms with Gasteiger partial charge < -0.3 is 10.1 Å². The predicted octanol–water partition coefficient (Wildman–Crippen LogP) is 3.42. The van der Waals surface area contributed by atoms with Gasteiger partial charge in [0.1, 0.15) is 12.4 Å². The van der Waals surface area contributed by atoms with Crippen molar-refractivity contribution in [1.82, 2.24) is 10.2 Å². The Morgan fingerprint density at radius 3 is 2.65 bits per heavy atom. The Labute approximate surface area is 153 Å². The molecule has 4 rings (SSSR count). The fourth-order valence-corrected chi connectivity index (χ4v) is 3.67. The van der Waals surface area contributed by atoms with E-state index in [0.717, 1.165) is 32.2 Å². The molecule has 3 nitrogen and oxygen atoms in total. The highest BCUT2D eigenvalue weighted by Crippen LogP contribution is 2.40. The lowest BCUT2D eigenvalue weighted by molar-refractivity contribution is 0.0812. The zero-order valence-electron chi connectivity index (χ0n) is 14.7. The monoisotopic (exact) mass is 358 g/mol. The van der Waals surface area contributed by atoms with E-state index in [4.69, 9.17) is 4.74 Å². The fraction of sp³-hybridized carbons (Fsp3) is 0.429. The van der Waals surface area contributed by atoms with Gasteiger partial charge in [-0.2, -0.15) is 0 Å². The summed E-state index contributed by atoms with van der Waals surface area (Å²) >= 11 is 0. The summed E-state index contributed by atoms with van der Waals surface area (Å²) in [5.74, 6) is 0.234. The molecular formula is C21H24F2N2O. The molecule has 0 bridgehead atoms. The van der Waals surface area contributed by atoms with Gasteiger partial charge in [-0.25, -0.2) is 8.78 Å². The van der Waals surface area contributed by atoms with E-state index in [0.29, 0.717) is 24.5 Å². The minimum absolute atomic E-state index is 0.117. The summed E-state index contributed by atoms with van der Waals surface area (Å²) in [4.78, 5) is 2.30. The van der Waals surface area contributed by atoms with Crippen LogP contribution in [0.25, 0.3) is 0 Å². The molecule has 5 heteroatoms. The number of nitrogens with zero attached hydrogens (tertiary/aromatic N) is 1. The molecule has 0 aromatic heterocycles. The molecule has 2 unspecified atom stereocenters. The number of nitrogens with one attached hydrogen (secondary N) is 1. The highest BCUT2D eigenvalue weighted by Gasteiger charge is 2.38. The van der Waals surface area contributed by atoms with Crippen LogP contribution in [0.1, 0.15) is 17.9 Å². The molecule has 138 valence electrons. The lowest BCUT2D eigenvalue weighted by Crippen LogP contribution is -2.52. The second kappa shape index (κ2) is 7.72. The molecule has 1 heterocycles. The maximum atomic E-state index is 13.5. The molecule has 1 saturated carbocycles. The normalized spacial score (nSPS) is 22.8. The smallest absolute Gasteiger partial charge is 0.167 e. The number of likely N-dealkylation sites (tertiary alicyclic amines) is 1. The minimum atomic E-state index is -0.645. The number of ether oxygens (including phenoxy) is 1. The van der Waals surface area contributed by atoms with E-state index in [1.807, 2.05) is 0 Å². The molecule has 2 atom stereocenters. The van der Waals surface area contributed by atoms with Gasteiger partial charge in [0.25, 0.3) is 0 Å². The third kappa shape index (κ3) is 4.22. The Balaban J connectivity index is 1.09. The molecule has 0 spiro atoms. The molecule has 2 aromatic rings. The highest BCUT2D eigenvalue weighted by atomic mass is 19.1. The molecule has 1 aliphatic carbocycles. The van der Waals surface area contributed by atoms with Gasteiger partial charge in [0.15, 0.2) is 11.6 Å². The van der Waals surface area contributed by atoms with E-state index < -0.39 is 11.6 Å². The van der Waals surface area contributed by atoms with Crippen LogP contribution >= 0.6 is 0 Å². The number of halogens is 2. The van der Waals surface area contributed by atoms with E-state index in [1.54, 1.807) is 0 Å². The summed E-state index contributed by atoms with van der Waals surface area (Å²) in [6, 6.07) is 14.7. The first-order chi connectivity index (χ1) is 12.7. The van der Waals surface area contributed by atoms with Crippen molar-refractivity contribution in [3.63, 3.8) is 0 Å². The zero-order chi connectivity index (χ0) is 17.9. The van der Waals surface area contributed by atoms with Crippen molar-refractivity contribution < 1.29 is 13.5 Å². The molecule has 2 aliphatic rings. The second-order valence-corrected chi connectivity index (χ2v) is 7.32. The van der Waals surface area contributed by atoms with Crippen LogP contribution in [0.3, 0.4) is 0 Å². The molecule has 0 radical (unpaired) electrons. The van der Waals surface area contributed by atoms with Crippen LogP contribution in [0.2, 0.25) is 0 Å². The average Bonchev–Trinajstić information content (AvgIpc) is 3.38. The van der Waals surface area contributed by atoms with E-state index in [-0.39, 0.29) is 5.75 Å². The maximum Gasteiger partial charge on any atom is 0.167 e. The van der Waals surface area contributed by atoms with Crippen molar-refractivity contribution in [2.24, 2.45) is 5.92 Å². The van der Waals surface area contributed by atoms with Crippen molar-refractivity contribution in [1.29, 1.82) is 0 Å². The quantitative estimate of drug-likeness (QED) is 0.783. The van der Waals surface area contributed by atoms with E-state index in [1.165, 1.54) is 24.1 Å². The summed E-state index contributed by atoms with van der Waals surface area (Å²) in [7, 11) is 0. The van der Waals surface area contributed by atoms with Crippen LogP contribution in [0.4, 0.5) is 8.78 Å². The number of hydrogen-bond acceptors (Lipinski definition) is 3. The van der Waals surface area contributed by atoms with Gasteiger partial charge in [0, 0.05) is 44.2 Å². The van der Waals surface area contributed by atoms with Crippen molar-refractivity contribution in [3.05, 3.63) is 65.7 Å². The van der Waals surface area contributed by atoms with Crippen LogP contribution in [0.5, 0.6) is 5.75 Å². The van der Waals surface area contributed by atoms with Crippen LogP contribution in [0, 0.1) is 17.6 Å². The summed E-state index contributed by atoms with van der Waals surface area (Å²) in [5.41, 5.74) is 1.44. The lowest BCUT2D eigenvalue weighted by Gasteiger charge is -2.39. The number of benzene rings is 2. The molecule has 1 aliphatic heterocycles. The molecule has 26 heavy (non-hydrogen) atoms. The van der Waals surface area contributed by atoms with E-state index in [9.17, 15) is 8.78 Å². The first kappa shape index (κ1) is 17.4. The van der Waals surface area contributed by atoms with Gasteiger partial charge in [-0.3, -0.25) is 4.90 Å². The Bertz CT molecular complexity index is 734. The van der Waals surface area contributed by atoms with Crippen LogP contribution in [-0.2, 0) is 0 Å². The van der Waals surface area contributed by atoms with Crippen LogP contribution in [0.15, 0.2) is 48.5 Å². The summed E-state index contributed by atoms with van der Waals surface area (Å²) in [5, 5.41) is 3.68. The van der Waals surface area contributed by atoms with Gasteiger partial charge in [-0.1, -0.05) is 30.3 Å². The Kier molecular flexibility index (Phi) is 5.18. The third-order valence-electron chi connectivity index (χ3n) is 5.28. The van der Waals surface area contributed by atoms with Gasteiger partial charge in [-0.15, -0.1) is 0 Å². The summed E-state index contributed by atoms with van der Waals surface area (Å²) in [6.45, 7) is 4.33. The molecule has 2 fully saturated rings. The van der Waals surface area contributed by atoms with Gasteiger partial charge in [0.05, 0.1) is 0 Å². The van der Waals surface area contributed by atoms with Crippen LogP contribution in [-0.4, -0.2) is 43.7 Å². The third-order valence-corrected chi connectivity index (χ3v) is 5.28. The average molecular weight is 358 g/mol. The Hall–Kier alpha value is -1.98. The highest BCUT2D eigenvalue weighted by molar-refractivity contribution is 5.27. The Morgan fingerprint density at radius 1 is 1.08 bits per heavy atom. The molecular weight excluding hydrogens is 334 g/mol. The predicted molar refractivity (Wildman–Crippen MR) is 97.4 cm³/mol. The second-order valence-electron chi connectivity index (χ2n) is 7.32. The largest absolute Gasteiger partial charge is 0.489 e. The van der Waals surface area contributed by atoms with Crippen molar-refractivity contribution in [2.45, 2.75) is 18.4 Å². The SMILES string of the molecule is Fc1ccc(OCCN2CC(CNC3CC3c3ccccc3)C2)c(F)c1. The first-order valence-electron chi connectivity index (χ1n) is 9.27. The maximum absolute atomic E-state index is 13.5. The molecule has 1 N–H and O–H groups in total. The van der Waals surface area contributed by atoms with Crippen LogP contribution < -0.4 is 10.1 Å². The molecule has 0 amide bonds. The molecule has 2 aromatic carbocycles. The first-order valence-corrected chi connectivity index (χ1v) is 9.27. The topological polar surface area (TPSA) is 24.5 Å².